The Bertz CT molecular complexity index is 1040. The van der Waals surface area contributed by atoms with Gasteiger partial charge in [-0.15, -0.1) is 0 Å². The van der Waals surface area contributed by atoms with Crippen molar-refractivity contribution in [2.24, 2.45) is 5.92 Å². The molecule has 0 aromatic heterocycles. The van der Waals surface area contributed by atoms with Gasteiger partial charge in [0.15, 0.2) is 9.84 Å². The average Bonchev–Trinajstić information content (AvgIpc) is 3.32. The maximum atomic E-state index is 13.6. The molecule has 0 spiro atoms. The lowest BCUT2D eigenvalue weighted by molar-refractivity contribution is 0.0660. The van der Waals surface area contributed by atoms with E-state index in [2.05, 4.69) is 10.6 Å². The molecule has 2 aromatic carbocycles. The van der Waals surface area contributed by atoms with Gasteiger partial charge >= 0.3 is 6.09 Å². The molecule has 1 unspecified atom stereocenters. The summed E-state index contributed by atoms with van der Waals surface area (Å²) in [5.41, 5.74) is 6.99. The van der Waals surface area contributed by atoms with Crippen molar-refractivity contribution in [1.82, 2.24) is 10.6 Å². The van der Waals surface area contributed by atoms with Crippen molar-refractivity contribution in [1.29, 1.82) is 0 Å². The van der Waals surface area contributed by atoms with Crippen LogP contribution in [0.5, 0.6) is 0 Å². The van der Waals surface area contributed by atoms with Crippen LogP contribution < -0.4 is 16.4 Å². The molecule has 1 saturated heterocycles. The highest BCUT2D eigenvalue weighted by molar-refractivity contribution is 7.92. The molecule has 192 valence electrons. The van der Waals surface area contributed by atoms with Gasteiger partial charge in [0, 0.05) is 12.1 Å². The van der Waals surface area contributed by atoms with Crippen LogP contribution in [0.2, 0.25) is 0 Å². The SMILES string of the molecule is CC(C)CNC([C@@H](O)[C@H](Cc1ccccc1)NC(=O)O[C@H]1CCOC1)S(=O)(=O)c1ccc(N)cc1. The van der Waals surface area contributed by atoms with E-state index in [1.807, 2.05) is 44.2 Å². The van der Waals surface area contributed by atoms with Crippen LogP contribution in [0.25, 0.3) is 0 Å². The summed E-state index contributed by atoms with van der Waals surface area (Å²) >= 11 is 0. The number of ether oxygens (including phenoxy) is 2. The first-order valence-electron chi connectivity index (χ1n) is 11.8. The number of carbonyl (C=O) groups is 1. The zero-order valence-corrected chi connectivity index (χ0v) is 20.9. The number of hydrogen-bond acceptors (Lipinski definition) is 8. The molecule has 1 amide bonds. The number of benzene rings is 2. The van der Waals surface area contributed by atoms with Crippen molar-refractivity contribution in [3.8, 4) is 0 Å². The van der Waals surface area contributed by atoms with Gasteiger partial charge in [0.05, 0.1) is 24.2 Å². The minimum absolute atomic E-state index is 0.0242. The molecule has 2 aromatic rings. The number of hydrogen-bond donors (Lipinski definition) is 4. The highest BCUT2D eigenvalue weighted by Crippen LogP contribution is 2.22. The van der Waals surface area contributed by atoms with E-state index >= 15 is 0 Å². The van der Waals surface area contributed by atoms with E-state index in [-0.39, 0.29) is 23.3 Å². The van der Waals surface area contributed by atoms with Crippen LogP contribution >= 0.6 is 0 Å². The highest BCUT2D eigenvalue weighted by atomic mass is 32.2. The topological polar surface area (TPSA) is 140 Å². The van der Waals surface area contributed by atoms with Gasteiger partial charge in [0.2, 0.25) is 0 Å². The summed E-state index contributed by atoms with van der Waals surface area (Å²) in [5.74, 6) is 0.124. The number of carbonyl (C=O) groups excluding carboxylic acids is 1. The minimum Gasteiger partial charge on any atom is -0.444 e. The number of anilines is 1. The summed E-state index contributed by atoms with van der Waals surface area (Å²) < 4.78 is 37.9. The molecule has 1 aliphatic rings. The third-order valence-electron chi connectivity index (χ3n) is 5.76. The summed E-state index contributed by atoms with van der Waals surface area (Å²) in [5, 5.41) is 15.8. The predicted molar refractivity (Wildman–Crippen MR) is 133 cm³/mol. The van der Waals surface area contributed by atoms with E-state index in [1.165, 1.54) is 24.3 Å². The number of nitrogen functional groups attached to an aromatic ring is 1. The largest absolute Gasteiger partial charge is 0.444 e. The van der Waals surface area contributed by atoms with Crippen LogP contribution in [0.3, 0.4) is 0 Å². The molecule has 5 N–H and O–H groups in total. The van der Waals surface area contributed by atoms with Gasteiger partial charge in [-0.05, 0) is 48.7 Å². The van der Waals surface area contributed by atoms with E-state index in [0.717, 1.165) is 5.56 Å². The molecule has 0 bridgehead atoms. The lowest BCUT2D eigenvalue weighted by Crippen LogP contribution is -2.57. The number of rotatable bonds is 11. The van der Waals surface area contributed by atoms with Gasteiger partial charge in [-0.25, -0.2) is 13.2 Å². The van der Waals surface area contributed by atoms with Crippen LogP contribution in [-0.2, 0) is 25.7 Å². The first kappa shape index (κ1) is 26.9. The summed E-state index contributed by atoms with van der Waals surface area (Å²) in [6.45, 7) is 5.04. The first-order valence-corrected chi connectivity index (χ1v) is 13.3. The van der Waals surface area contributed by atoms with E-state index in [4.69, 9.17) is 15.2 Å². The Morgan fingerprint density at radius 3 is 2.46 bits per heavy atom. The first-order chi connectivity index (χ1) is 16.7. The molecule has 1 aliphatic heterocycles. The van der Waals surface area contributed by atoms with Gasteiger partial charge in [-0.3, -0.25) is 5.32 Å². The Morgan fingerprint density at radius 2 is 1.86 bits per heavy atom. The van der Waals surface area contributed by atoms with E-state index in [9.17, 15) is 18.3 Å². The smallest absolute Gasteiger partial charge is 0.407 e. The maximum absolute atomic E-state index is 13.6. The minimum atomic E-state index is -4.04. The van der Waals surface area contributed by atoms with Crippen LogP contribution in [-0.4, -0.2) is 63.0 Å². The normalized spacial score (nSPS) is 18.7. The van der Waals surface area contributed by atoms with Gasteiger partial charge < -0.3 is 25.6 Å². The monoisotopic (exact) mass is 505 g/mol. The van der Waals surface area contributed by atoms with E-state index in [1.54, 1.807) is 0 Å². The van der Waals surface area contributed by atoms with Crippen molar-refractivity contribution in [3.63, 3.8) is 0 Å². The van der Waals surface area contributed by atoms with Gasteiger partial charge in [0.1, 0.15) is 17.6 Å². The predicted octanol–water partition coefficient (Wildman–Crippen LogP) is 2.10. The fourth-order valence-electron chi connectivity index (χ4n) is 3.85. The van der Waals surface area contributed by atoms with Crippen molar-refractivity contribution >= 4 is 21.6 Å². The fourth-order valence-corrected chi connectivity index (χ4v) is 5.53. The lowest BCUT2D eigenvalue weighted by Gasteiger charge is -2.31. The van der Waals surface area contributed by atoms with Gasteiger partial charge in [-0.1, -0.05) is 44.2 Å². The standard InChI is InChI=1S/C25H35N3O6S/c1-17(2)15-27-24(35(31,32)21-10-8-19(26)9-11-21)23(29)22(14-18-6-4-3-5-7-18)28-25(30)34-20-12-13-33-16-20/h3-11,17,20,22-24,27,29H,12-16,26H2,1-2H3,(H,28,30)/t20-,22-,23-,24?/m0/s1. The number of aliphatic hydroxyl groups excluding tert-OH is 1. The number of amides is 1. The third kappa shape index (κ3) is 7.66. The third-order valence-corrected chi connectivity index (χ3v) is 7.80. The molecule has 1 heterocycles. The van der Waals surface area contributed by atoms with Crippen LogP contribution in [0.15, 0.2) is 59.5 Å². The molecule has 35 heavy (non-hydrogen) atoms. The molecule has 9 nitrogen and oxygen atoms in total. The zero-order chi connectivity index (χ0) is 25.4. The second-order valence-corrected chi connectivity index (χ2v) is 11.2. The zero-order valence-electron chi connectivity index (χ0n) is 20.1. The quantitative estimate of drug-likeness (QED) is 0.341. The van der Waals surface area contributed by atoms with Gasteiger partial charge in [-0.2, -0.15) is 0 Å². The van der Waals surface area contributed by atoms with Crippen LogP contribution in [0.1, 0.15) is 25.8 Å². The summed E-state index contributed by atoms with van der Waals surface area (Å²) in [6.07, 6.45) is -1.80. The molecule has 0 aliphatic carbocycles. The Labute approximate surface area is 206 Å². The molecule has 3 rings (SSSR count). The van der Waals surface area contributed by atoms with E-state index in [0.29, 0.717) is 31.9 Å². The summed E-state index contributed by atoms with van der Waals surface area (Å²) in [4.78, 5) is 12.7. The Balaban J connectivity index is 1.89. The van der Waals surface area contributed by atoms with Gasteiger partial charge in [0.25, 0.3) is 0 Å². The van der Waals surface area contributed by atoms with Crippen LogP contribution in [0.4, 0.5) is 10.5 Å². The lowest BCUT2D eigenvalue weighted by atomic mass is 10.0. The Kier molecular flexibility index (Phi) is 9.50. The van der Waals surface area contributed by atoms with E-state index < -0.39 is 33.5 Å². The maximum Gasteiger partial charge on any atom is 0.407 e. The van der Waals surface area contributed by atoms with Crippen molar-refractivity contribution in [2.45, 2.75) is 55.2 Å². The number of sulfone groups is 1. The average molecular weight is 506 g/mol. The summed E-state index contributed by atoms with van der Waals surface area (Å²) in [7, 11) is -4.04. The number of aliphatic hydroxyl groups is 1. The number of nitrogens with one attached hydrogen (secondary N) is 2. The molecule has 0 radical (unpaired) electrons. The second-order valence-electron chi connectivity index (χ2n) is 9.16. The fraction of sp³-hybridized carbons (Fsp3) is 0.480. The second kappa shape index (κ2) is 12.3. The molecule has 4 atom stereocenters. The van der Waals surface area contributed by atoms with Crippen molar-refractivity contribution in [3.05, 3.63) is 60.2 Å². The highest BCUT2D eigenvalue weighted by Gasteiger charge is 2.39. The number of alkyl carbamates (subject to hydrolysis) is 1. The van der Waals surface area contributed by atoms with Crippen molar-refractivity contribution in [2.75, 3.05) is 25.5 Å². The molecular formula is C25H35N3O6S. The Hall–Kier alpha value is -2.66. The molecule has 0 saturated carbocycles. The number of nitrogens with two attached hydrogens (primary N) is 1. The molecule has 10 heteroatoms. The van der Waals surface area contributed by atoms with Crippen molar-refractivity contribution < 1.29 is 27.8 Å². The Morgan fingerprint density at radius 1 is 1.17 bits per heavy atom. The summed E-state index contributed by atoms with van der Waals surface area (Å²) in [6, 6.07) is 14.1. The molecular weight excluding hydrogens is 470 g/mol. The molecule has 1 fully saturated rings. The van der Waals surface area contributed by atoms with Crippen LogP contribution in [0, 0.1) is 5.92 Å².